The van der Waals surface area contributed by atoms with Crippen molar-refractivity contribution in [2.24, 2.45) is 0 Å². The second-order valence-corrected chi connectivity index (χ2v) is 6.38. The highest BCUT2D eigenvalue weighted by atomic mass is 35.5. The van der Waals surface area contributed by atoms with Gasteiger partial charge >= 0.3 is 0 Å². The molecule has 1 N–H and O–H groups in total. The normalized spacial score (nSPS) is 25.2. The second kappa shape index (κ2) is 8.62. The van der Waals surface area contributed by atoms with Crippen LogP contribution in [0.4, 0.5) is 8.78 Å². The van der Waals surface area contributed by atoms with Crippen LogP contribution in [0.25, 0.3) is 0 Å². The summed E-state index contributed by atoms with van der Waals surface area (Å²) < 4.78 is 34.1. The molecule has 2 atom stereocenters. The van der Waals surface area contributed by atoms with E-state index in [-0.39, 0.29) is 36.8 Å². The highest BCUT2D eigenvalue weighted by Gasteiger charge is 2.44. The van der Waals surface area contributed by atoms with E-state index in [0.29, 0.717) is 26.2 Å². The van der Waals surface area contributed by atoms with Crippen molar-refractivity contribution in [3.8, 4) is 0 Å². The first-order valence-corrected chi connectivity index (χ1v) is 7.87. The number of halogens is 4. The molecule has 0 radical (unpaired) electrons. The molecule has 2 unspecified atom stereocenters. The number of hydrogen-bond acceptors (Lipinski definition) is 4. The van der Waals surface area contributed by atoms with Gasteiger partial charge in [-0.25, -0.2) is 8.78 Å². The Morgan fingerprint density at radius 1 is 1.44 bits per heavy atom. The monoisotopic (exact) mass is 400 g/mol. The van der Waals surface area contributed by atoms with Crippen molar-refractivity contribution in [2.45, 2.75) is 44.9 Å². The maximum atomic E-state index is 13.3. The van der Waals surface area contributed by atoms with Gasteiger partial charge in [0.05, 0.1) is 37.5 Å². The lowest BCUT2D eigenvalue weighted by molar-refractivity contribution is -0.141. The van der Waals surface area contributed by atoms with Gasteiger partial charge in [-0.2, -0.15) is 5.10 Å². The van der Waals surface area contributed by atoms with Crippen molar-refractivity contribution in [3.63, 3.8) is 0 Å². The van der Waals surface area contributed by atoms with Gasteiger partial charge < -0.3 is 9.64 Å². The second-order valence-electron chi connectivity index (χ2n) is 6.38. The molecule has 0 saturated carbocycles. The molecule has 0 bridgehead atoms. The molecule has 0 aliphatic carbocycles. The van der Waals surface area contributed by atoms with Gasteiger partial charge in [-0.05, 0) is 19.9 Å². The van der Waals surface area contributed by atoms with Gasteiger partial charge in [-0.1, -0.05) is 0 Å². The third kappa shape index (κ3) is 5.26. The number of amides is 1. The van der Waals surface area contributed by atoms with Gasteiger partial charge in [0.1, 0.15) is 0 Å². The number of nitrogens with one attached hydrogen (secondary N) is 1. The fraction of sp³-hybridized carbons (Fsp3) is 0.733. The van der Waals surface area contributed by atoms with E-state index in [1.54, 1.807) is 4.90 Å². The highest BCUT2D eigenvalue weighted by molar-refractivity contribution is 5.85. The molecule has 0 spiro atoms. The number of carbonyl (C=O) groups excluding carboxylic acids is 1. The van der Waals surface area contributed by atoms with Crippen LogP contribution in [0, 0.1) is 13.8 Å². The van der Waals surface area contributed by atoms with Crippen LogP contribution in [-0.4, -0.2) is 64.9 Å². The summed E-state index contributed by atoms with van der Waals surface area (Å²) in [5.74, 6) is -3.06. The maximum Gasteiger partial charge on any atom is 0.262 e. The summed E-state index contributed by atoms with van der Waals surface area (Å²) in [6, 6.07) is 1.19. The van der Waals surface area contributed by atoms with Crippen LogP contribution >= 0.6 is 24.8 Å². The van der Waals surface area contributed by atoms with E-state index in [0.717, 1.165) is 11.4 Å². The summed E-state index contributed by atoms with van der Waals surface area (Å²) >= 11 is 0. The fourth-order valence-corrected chi connectivity index (χ4v) is 3.19. The largest absolute Gasteiger partial charge is 0.373 e. The molecule has 10 heteroatoms. The van der Waals surface area contributed by atoms with Crippen LogP contribution in [0.5, 0.6) is 0 Å². The van der Waals surface area contributed by atoms with Crippen LogP contribution in [0.15, 0.2) is 6.07 Å². The third-order valence-corrected chi connectivity index (χ3v) is 4.34. The standard InChI is InChI=1S/C15H22F2N4O2.2ClH/c1-10-5-11(2)21(19-10)8-12-7-20(3-4-23-12)14(22)13-6-15(16,17)9-18-13;;/h5,12-13,18H,3-4,6-9H2,1-2H3;2*1H. The van der Waals surface area contributed by atoms with E-state index < -0.39 is 24.9 Å². The number of rotatable bonds is 3. The minimum atomic E-state index is -2.80. The Balaban J connectivity index is 0.00000156. The number of ether oxygens (including phenoxy) is 1. The highest BCUT2D eigenvalue weighted by Crippen LogP contribution is 2.26. The molecule has 3 heterocycles. The summed E-state index contributed by atoms with van der Waals surface area (Å²) in [5, 5.41) is 7.01. The molecular weight excluding hydrogens is 377 g/mol. The molecule has 2 aliphatic rings. The van der Waals surface area contributed by atoms with E-state index >= 15 is 0 Å². The Morgan fingerprint density at radius 3 is 2.72 bits per heavy atom. The predicted octanol–water partition coefficient (Wildman–Crippen LogP) is 1.57. The Bertz CT molecular complexity index is 600. The van der Waals surface area contributed by atoms with E-state index in [4.69, 9.17) is 4.74 Å². The topological polar surface area (TPSA) is 59.4 Å². The Morgan fingerprint density at radius 2 is 2.16 bits per heavy atom. The molecule has 6 nitrogen and oxygen atoms in total. The van der Waals surface area contributed by atoms with Gasteiger partial charge in [-0.3, -0.25) is 14.8 Å². The summed E-state index contributed by atoms with van der Waals surface area (Å²) in [6.07, 6.45) is -0.599. The molecule has 2 aliphatic heterocycles. The predicted molar refractivity (Wildman–Crippen MR) is 93.9 cm³/mol. The summed E-state index contributed by atoms with van der Waals surface area (Å²) in [5.41, 5.74) is 1.97. The van der Waals surface area contributed by atoms with Gasteiger partial charge in [-0.15, -0.1) is 24.8 Å². The van der Waals surface area contributed by atoms with Crippen molar-refractivity contribution >= 4 is 30.7 Å². The number of carbonyl (C=O) groups is 1. The first-order chi connectivity index (χ1) is 10.8. The molecule has 1 amide bonds. The quantitative estimate of drug-likeness (QED) is 0.836. The van der Waals surface area contributed by atoms with Crippen molar-refractivity contribution < 1.29 is 18.3 Å². The SMILES string of the molecule is Cc1cc(C)n(CC2CN(C(=O)C3CC(F)(F)CN3)CCO2)n1.Cl.Cl. The molecule has 25 heavy (non-hydrogen) atoms. The lowest BCUT2D eigenvalue weighted by Gasteiger charge is -2.34. The zero-order chi connectivity index (χ0) is 16.6. The van der Waals surface area contributed by atoms with Crippen molar-refractivity contribution in [1.82, 2.24) is 20.0 Å². The number of hydrogen-bond donors (Lipinski definition) is 1. The van der Waals surface area contributed by atoms with Crippen molar-refractivity contribution in [3.05, 3.63) is 17.5 Å². The fourth-order valence-electron chi connectivity index (χ4n) is 3.19. The summed E-state index contributed by atoms with van der Waals surface area (Å²) in [7, 11) is 0. The first-order valence-electron chi connectivity index (χ1n) is 7.87. The number of morpholine rings is 1. The van der Waals surface area contributed by atoms with Crippen molar-refractivity contribution in [1.29, 1.82) is 0 Å². The molecular formula is C15H24Cl2F2N4O2. The average molecular weight is 401 g/mol. The molecule has 2 fully saturated rings. The molecule has 3 rings (SSSR count). The molecule has 2 saturated heterocycles. The van der Waals surface area contributed by atoms with E-state index in [1.807, 2.05) is 24.6 Å². The van der Waals surface area contributed by atoms with Gasteiger partial charge in [0.15, 0.2) is 0 Å². The zero-order valence-corrected chi connectivity index (χ0v) is 15.8. The Kier molecular flexibility index (Phi) is 7.61. The van der Waals surface area contributed by atoms with E-state index in [1.165, 1.54) is 0 Å². The van der Waals surface area contributed by atoms with Crippen LogP contribution in [0.3, 0.4) is 0 Å². The average Bonchev–Trinajstić information content (AvgIpc) is 3.00. The van der Waals surface area contributed by atoms with Gasteiger partial charge in [0.25, 0.3) is 5.92 Å². The first kappa shape index (κ1) is 22.1. The van der Waals surface area contributed by atoms with Crippen LogP contribution in [0.1, 0.15) is 17.8 Å². The Labute approximate surface area is 158 Å². The van der Waals surface area contributed by atoms with E-state index in [9.17, 15) is 13.6 Å². The molecule has 0 aromatic carbocycles. The Hall–Kier alpha value is -0.960. The maximum absolute atomic E-state index is 13.3. The van der Waals surface area contributed by atoms with Crippen molar-refractivity contribution in [2.75, 3.05) is 26.2 Å². The molecule has 144 valence electrons. The molecule has 1 aromatic heterocycles. The number of nitrogens with zero attached hydrogens (tertiary/aromatic N) is 3. The van der Waals surface area contributed by atoms with Gasteiger partial charge in [0.2, 0.25) is 5.91 Å². The minimum Gasteiger partial charge on any atom is -0.373 e. The number of aryl methyl sites for hydroxylation is 2. The summed E-state index contributed by atoms with van der Waals surface area (Å²) in [4.78, 5) is 14.0. The summed E-state index contributed by atoms with van der Waals surface area (Å²) in [6.45, 7) is 5.28. The number of alkyl halides is 2. The molecule has 1 aromatic rings. The lowest BCUT2D eigenvalue weighted by Crippen LogP contribution is -2.52. The van der Waals surface area contributed by atoms with Crippen LogP contribution in [-0.2, 0) is 16.1 Å². The van der Waals surface area contributed by atoms with Crippen LogP contribution < -0.4 is 5.32 Å². The third-order valence-electron chi connectivity index (χ3n) is 4.34. The number of aromatic nitrogens is 2. The minimum absolute atomic E-state index is 0. The van der Waals surface area contributed by atoms with Gasteiger partial charge in [0, 0.05) is 25.2 Å². The van der Waals surface area contributed by atoms with Crippen LogP contribution in [0.2, 0.25) is 0 Å². The lowest BCUT2D eigenvalue weighted by atomic mass is 10.1. The zero-order valence-electron chi connectivity index (χ0n) is 14.2. The smallest absolute Gasteiger partial charge is 0.262 e. The van der Waals surface area contributed by atoms with E-state index in [2.05, 4.69) is 10.4 Å².